The van der Waals surface area contributed by atoms with Crippen molar-refractivity contribution in [3.8, 4) is 0 Å². The number of nitrogens with one attached hydrogen (secondary N) is 1. The predicted octanol–water partition coefficient (Wildman–Crippen LogP) is 10.8. The lowest BCUT2D eigenvalue weighted by atomic mass is 9.66. The largest absolute Gasteiger partial charge is 0.445 e. The highest BCUT2D eigenvalue weighted by Gasteiger charge is 2.61. The minimum atomic E-state index is -2.04. The zero-order valence-electron chi connectivity index (χ0n) is 36.2. The van der Waals surface area contributed by atoms with Gasteiger partial charge in [0.1, 0.15) is 30.1 Å². The first-order chi connectivity index (χ1) is 26.1. The average Bonchev–Trinajstić information content (AvgIpc) is 3.35. The Kier molecular flexibility index (Phi) is 14.7. The van der Waals surface area contributed by atoms with Gasteiger partial charge in [0.15, 0.2) is 16.6 Å². The van der Waals surface area contributed by atoms with Crippen molar-refractivity contribution in [2.45, 2.75) is 154 Å². The van der Waals surface area contributed by atoms with Crippen LogP contribution in [0.5, 0.6) is 0 Å². The summed E-state index contributed by atoms with van der Waals surface area (Å²) >= 11 is 0. The average molecular weight is 807 g/mol. The molecule has 0 bridgehead atoms. The number of rotatable bonds is 15. The maximum atomic E-state index is 13.1. The number of carbonyl (C=O) groups is 3. The number of hydrogen-bond acceptors (Lipinski definition) is 7. The Morgan fingerprint density at radius 1 is 0.875 bits per heavy atom. The predicted molar refractivity (Wildman–Crippen MR) is 229 cm³/mol. The minimum absolute atomic E-state index is 0.0368. The molecule has 11 heteroatoms. The van der Waals surface area contributed by atoms with Crippen molar-refractivity contribution in [3.63, 3.8) is 0 Å². The molecule has 0 spiro atoms. The van der Waals surface area contributed by atoms with Gasteiger partial charge >= 0.3 is 12.2 Å². The zero-order valence-corrected chi connectivity index (χ0v) is 38.2. The van der Waals surface area contributed by atoms with Gasteiger partial charge in [-0.05, 0) is 97.4 Å². The second-order valence-corrected chi connectivity index (χ2v) is 29.0. The van der Waals surface area contributed by atoms with Crippen LogP contribution in [-0.2, 0) is 36.3 Å². The summed E-state index contributed by atoms with van der Waals surface area (Å²) in [7, 11) is -4.02. The molecule has 2 aromatic rings. The number of cyclic esters (lactones) is 1. The Bertz CT molecular complexity index is 1630. The Balaban J connectivity index is 0.000000249. The SMILES string of the molecule is C=C(C)[C@H]1OC(=O)N(Cc2ccccc2)[C@]1(CO[Si](C)(C)C(C)(C)C)C1CCC1.CC(C)(C)[Si](C)(C)OC[C@@](C=O)(NC(=O)OCc1ccccc1)C1CCC1. The van der Waals surface area contributed by atoms with Crippen molar-refractivity contribution in [2.75, 3.05) is 13.2 Å². The van der Waals surface area contributed by atoms with E-state index in [2.05, 4.69) is 91.8 Å². The third-order valence-electron chi connectivity index (χ3n) is 13.4. The molecule has 1 heterocycles. The third kappa shape index (κ3) is 10.4. The molecule has 2 aliphatic carbocycles. The van der Waals surface area contributed by atoms with Crippen LogP contribution in [0.3, 0.4) is 0 Å². The molecule has 56 heavy (non-hydrogen) atoms. The van der Waals surface area contributed by atoms with Crippen LogP contribution < -0.4 is 5.32 Å². The minimum Gasteiger partial charge on any atom is -0.445 e. The molecular weight excluding hydrogens is 737 g/mol. The van der Waals surface area contributed by atoms with Crippen LogP contribution in [0.25, 0.3) is 0 Å². The number of benzene rings is 2. The van der Waals surface area contributed by atoms with Gasteiger partial charge in [0.05, 0.1) is 13.2 Å². The maximum Gasteiger partial charge on any atom is 0.411 e. The van der Waals surface area contributed by atoms with E-state index in [-0.39, 0.29) is 41.4 Å². The van der Waals surface area contributed by atoms with Crippen molar-refractivity contribution >= 4 is 35.1 Å². The first-order valence-electron chi connectivity index (χ1n) is 20.5. The van der Waals surface area contributed by atoms with Crippen LogP contribution in [0.2, 0.25) is 36.3 Å². The summed E-state index contributed by atoms with van der Waals surface area (Å²) in [6.07, 6.45) is 6.02. The number of amides is 2. The van der Waals surface area contributed by atoms with Gasteiger partial charge in [0.2, 0.25) is 0 Å². The van der Waals surface area contributed by atoms with Crippen LogP contribution in [0, 0.1) is 11.8 Å². The molecule has 2 aromatic carbocycles. The number of hydrogen-bond donors (Lipinski definition) is 1. The lowest BCUT2D eigenvalue weighted by Gasteiger charge is -2.50. The van der Waals surface area contributed by atoms with Crippen LogP contribution in [0.15, 0.2) is 72.8 Å². The normalized spacial score (nSPS) is 21.7. The van der Waals surface area contributed by atoms with Crippen LogP contribution in [0.1, 0.15) is 98.1 Å². The Morgan fingerprint density at radius 2 is 1.39 bits per heavy atom. The third-order valence-corrected chi connectivity index (χ3v) is 22.3. The monoisotopic (exact) mass is 806 g/mol. The number of aldehydes is 1. The second kappa shape index (κ2) is 18.1. The van der Waals surface area contributed by atoms with Crippen molar-refractivity contribution in [1.29, 1.82) is 0 Å². The van der Waals surface area contributed by atoms with E-state index < -0.39 is 33.8 Å². The fourth-order valence-electron chi connectivity index (χ4n) is 7.01. The van der Waals surface area contributed by atoms with Gasteiger partial charge in [-0.2, -0.15) is 0 Å². The van der Waals surface area contributed by atoms with Gasteiger partial charge in [0, 0.05) is 6.54 Å². The fraction of sp³-hybridized carbons (Fsp3) is 0.622. The van der Waals surface area contributed by atoms with E-state index in [0.29, 0.717) is 19.1 Å². The molecule has 5 rings (SSSR count). The molecular formula is C45H70N2O7Si2. The van der Waals surface area contributed by atoms with Crippen molar-refractivity contribution in [1.82, 2.24) is 10.2 Å². The molecule has 2 amide bonds. The molecule has 1 N–H and O–H groups in total. The first kappa shape index (κ1) is 45.4. The Labute approximate surface area is 339 Å². The van der Waals surface area contributed by atoms with Gasteiger partial charge < -0.3 is 28.4 Å². The molecule has 310 valence electrons. The molecule has 3 fully saturated rings. The molecule has 3 atom stereocenters. The summed E-state index contributed by atoms with van der Waals surface area (Å²) in [6.45, 7) is 29.7. The quantitative estimate of drug-likeness (QED) is 0.109. The van der Waals surface area contributed by atoms with Gasteiger partial charge in [-0.15, -0.1) is 0 Å². The van der Waals surface area contributed by atoms with E-state index in [9.17, 15) is 14.4 Å². The molecule has 2 saturated carbocycles. The zero-order chi connectivity index (χ0) is 41.6. The van der Waals surface area contributed by atoms with Gasteiger partial charge in [-0.25, -0.2) is 9.59 Å². The highest BCUT2D eigenvalue weighted by molar-refractivity contribution is 6.74. The molecule has 1 saturated heterocycles. The van der Waals surface area contributed by atoms with E-state index in [1.165, 1.54) is 6.42 Å². The summed E-state index contributed by atoms with van der Waals surface area (Å²) in [5, 5.41) is 2.99. The van der Waals surface area contributed by atoms with Crippen LogP contribution >= 0.6 is 0 Å². The topological polar surface area (TPSA) is 103 Å². The summed E-state index contributed by atoms with van der Waals surface area (Å²) in [4.78, 5) is 39.6. The Morgan fingerprint density at radius 3 is 1.84 bits per heavy atom. The molecule has 9 nitrogen and oxygen atoms in total. The van der Waals surface area contributed by atoms with E-state index in [4.69, 9.17) is 18.3 Å². The van der Waals surface area contributed by atoms with E-state index >= 15 is 0 Å². The number of nitrogens with zero attached hydrogens (tertiary/aromatic N) is 1. The highest BCUT2D eigenvalue weighted by Crippen LogP contribution is 2.50. The highest BCUT2D eigenvalue weighted by atomic mass is 28.4. The molecule has 0 unspecified atom stereocenters. The van der Waals surface area contributed by atoms with Crippen molar-refractivity contribution in [2.24, 2.45) is 11.8 Å². The van der Waals surface area contributed by atoms with E-state index in [1.54, 1.807) is 0 Å². The number of alkyl carbamates (subject to hydrolysis) is 1. The molecule has 0 aromatic heterocycles. The van der Waals surface area contributed by atoms with E-state index in [0.717, 1.165) is 55.1 Å². The first-order valence-corrected chi connectivity index (χ1v) is 26.3. The lowest BCUT2D eigenvalue weighted by molar-refractivity contribution is -0.118. The summed E-state index contributed by atoms with van der Waals surface area (Å²) < 4.78 is 24.4. The molecule has 3 aliphatic rings. The van der Waals surface area contributed by atoms with Crippen LogP contribution in [0.4, 0.5) is 9.59 Å². The lowest BCUT2D eigenvalue weighted by Crippen LogP contribution is -2.63. The maximum absolute atomic E-state index is 13.1. The number of carbonyl (C=O) groups excluding carboxylic acids is 3. The smallest absolute Gasteiger partial charge is 0.411 e. The summed E-state index contributed by atoms with van der Waals surface area (Å²) in [6, 6.07) is 19.7. The summed E-state index contributed by atoms with van der Waals surface area (Å²) in [5.74, 6) is 0.480. The van der Waals surface area contributed by atoms with Gasteiger partial charge in [-0.3, -0.25) is 4.90 Å². The molecule has 1 aliphatic heterocycles. The summed E-state index contributed by atoms with van der Waals surface area (Å²) in [5.41, 5.74) is 1.43. The second-order valence-electron chi connectivity index (χ2n) is 19.4. The van der Waals surface area contributed by atoms with Gasteiger partial charge in [-0.1, -0.05) is 122 Å². The van der Waals surface area contributed by atoms with Crippen LogP contribution in [-0.4, -0.2) is 70.4 Å². The fourth-order valence-corrected chi connectivity index (χ4v) is 9.07. The number of ether oxygens (including phenoxy) is 2. The van der Waals surface area contributed by atoms with Crippen molar-refractivity contribution < 1.29 is 32.7 Å². The van der Waals surface area contributed by atoms with Crippen molar-refractivity contribution in [3.05, 3.63) is 83.9 Å². The van der Waals surface area contributed by atoms with E-state index in [1.807, 2.05) is 60.4 Å². The Hall–Kier alpha value is -3.26. The standard InChI is InChI=1S/C24H37NO3Si.C21H33NO4Si/c1-18(2)21-24(20-14-11-15-20,17-27-29(6,7)23(3,4)5)25(22(26)28-21)16-19-12-9-8-10-13-19;1-20(2,3)27(4,5)26-16-21(15-23,18-12-9-13-18)22-19(24)25-14-17-10-7-6-8-11-17/h8-10,12-13,20-21H,1,11,14-17H2,2-7H3;6-8,10-11,15,18H,9,12-14,16H2,1-5H3,(H,22,24)/t21-,24-;21-/m11/s1. The molecule has 0 radical (unpaired) electrons. The van der Waals surface area contributed by atoms with Gasteiger partial charge in [0.25, 0.3) is 0 Å².